The minimum absolute atomic E-state index is 0.0176. The number of rotatable bonds is 4. The van der Waals surface area contributed by atoms with Gasteiger partial charge in [-0.3, -0.25) is 9.59 Å². The number of amides is 1. The monoisotopic (exact) mass is 448 g/mol. The lowest BCUT2D eigenvalue weighted by atomic mass is 9.95. The van der Waals surface area contributed by atoms with Crippen molar-refractivity contribution in [1.82, 2.24) is 29.9 Å². The molecule has 0 aliphatic carbocycles. The Morgan fingerprint density at radius 2 is 2.00 bits per heavy atom. The number of aromatic amines is 1. The molecule has 0 unspecified atom stereocenters. The second-order valence-corrected chi connectivity index (χ2v) is 8.70. The summed E-state index contributed by atoms with van der Waals surface area (Å²) < 4.78 is 1.57. The van der Waals surface area contributed by atoms with E-state index in [1.54, 1.807) is 16.8 Å². The van der Waals surface area contributed by atoms with E-state index >= 15 is 0 Å². The molecule has 10 heteroatoms. The van der Waals surface area contributed by atoms with Gasteiger partial charge in [0, 0.05) is 35.0 Å². The molecular weight excluding hydrogens is 427 g/mol. The number of hydrogen-bond donors (Lipinski definition) is 1. The van der Waals surface area contributed by atoms with Crippen LogP contribution >= 0.6 is 23.2 Å². The van der Waals surface area contributed by atoms with Gasteiger partial charge in [0.25, 0.3) is 5.56 Å². The fourth-order valence-corrected chi connectivity index (χ4v) is 4.20. The van der Waals surface area contributed by atoms with Crippen LogP contribution in [0.15, 0.2) is 23.0 Å². The summed E-state index contributed by atoms with van der Waals surface area (Å²) in [5.74, 6) is 0.819. The van der Waals surface area contributed by atoms with Gasteiger partial charge < -0.3 is 9.88 Å². The zero-order valence-corrected chi connectivity index (χ0v) is 18.2. The van der Waals surface area contributed by atoms with E-state index in [2.05, 4.69) is 20.3 Å². The quantitative estimate of drug-likeness (QED) is 0.660. The van der Waals surface area contributed by atoms with Crippen molar-refractivity contribution >= 4 is 40.3 Å². The van der Waals surface area contributed by atoms with Crippen LogP contribution in [0.2, 0.25) is 10.0 Å². The number of nitrogens with zero attached hydrogens (tertiary/aromatic N) is 5. The number of likely N-dealkylation sites (tertiary alicyclic amines) is 1. The summed E-state index contributed by atoms with van der Waals surface area (Å²) in [6, 6.07) is 5.23. The van der Waals surface area contributed by atoms with Gasteiger partial charge in [-0.2, -0.15) is 0 Å². The molecule has 30 heavy (non-hydrogen) atoms. The number of carbonyl (C=O) groups is 1. The summed E-state index contributed by atoms with van der Waals surface area (Å²) in [4.78, 5) is 34.2. The van der Waals surface area contributed by atoms with Gasteiger partial charge in [0.15, 0.2) is 11.2 Å². The topological polar surface area (TPSA) is 96.8 Å². The first kappa shape index (κ1) is 20.8. The van der Waals surface area contributed by atoms with E-state index in [1.807, 2.05) is 24.8 Å². The molecule has 0 bridgehead atoms. The molecule has 1 aromatic carbocycles. The first-order chi connectivity index (χ1) is 14.3. The average Bonchev–Trinajstić information content (AvgIpc) is 3.13. The summed E-state index contributed by atoms with van der Waals surface area (Å²) in [5.41, 5.74) is 1.10. The first-order valence-electron chi connectivity index (χ1n) is 9.89. The summed E-state index contributed by atoms with van der Waals surface area (Å²) >= 11 is 12.2. The highest BCUT2D eigenvalue weighted by Gasteiger charge is 2.27. The number of nitrogens with one attached hydrogen (secondary N) is 1. The molecule has 8 nitrogen and oxygen atoms in total. The summed E-state index contributed by atoms with van der Waals surface area (Å²) in [6.45, 7) is 5.44. The van der Waals surface area contributed by atoms with E-state index in [0.29, 0.717) is 41.2 Å². The van der Waals surface area contributed by atoms with Crippen LogP contribution < -0.4 is 5.56 Å². The van der Waals surface area contributed by atoms with Crippen molar-refractivity contribution in [3.8, 4) is 0 Å². The molecule has 1 amide bonds. The zero-order valence-electron chi connectivity index (χ0n) is 16.7. The van der Waals surface area contributed by atoms with Crippen LogP contribution in [0.4, 0.5) is 0 Å². The molecule has 0 radical (unpaired) electrons. The highest BCUT2D eigenvalue weighted by molar-refractivity contribution is 6.35. The number of fused-ring (bicyclic) bond motifs is 1. The maximum absolute atomic E-state index is 12.6. The Kier molecular flexibility index (Phi) is 5.79. The van der Waals surface area contributed by atoms with E-state index in [-0.39, 0.29) is 28.8 Å². The van der Waals surface area contributed by atoms with Gasteiger partial charge in [-0.15, -0.1) is 5.10 Å². The molecule has 3 heterocycles. The molecule has 0 spiro atoms. The van der Waals surface area contributed by atoms with Crippen LogP contribution in [0.5, 0.6) is 0 Å². The van der Waals surface area contributed by atoms with Crippen LogP contribution in [0.25, 0.3) is 11.2 Å². The number of carbonyl (C=O) groups excluding carboxylic acids is 1. The molecule has 0 atom stereocenters. The highest BCUT2D eigenvalue weighted by atomic mass is 35.5. The Morgan fingerprint density at radius 1 is 1.27 bits per heavy atom. The first-order valence-corrected chi connectivity index (χ1v) is 10.6. The van der Waals surface area contributed by atoms with Crippen LogP contribution in [0.3, 0.4) is 0 Å². The summed E-state index contributed by atoms with van der Waals surface area (Å²) in [6.07, 6.45) is 1.50. The van der Waals surface area contributed by atoms with Gasteiger partial charge >= 0.3 is 0 Å². The molecule has 1 fully saturated rings. The molecule has 158 valence electrons. The fourth-order valence-electron chi connectivity index (χ4n) is 3.73. The second-order valence-electron chi connectivity index (χ2n) is 7.86. The van der Waals surface area contributed by atoms with E-state index in [9.17, 15) is 9.59 Å². The number of halogens is 2. The van der Waals surface area contributed by atoms with Crippen LogP contribution in [0.1, 0.15) is 44.0 Å². The van der Waals surface area contributed by atoms with Crippen molar-refractivity contribution in [2.24, 2.45) is 5.92 Å². The third-order valence-corrected chi connectivity index (χ3v) is 6.00. The normalized spacial score (nSPS) is 15.3. The summed E-state index contributed by atoms with van der Waals surface area (Å²) in [7, 11) is 0. The Labute approximate surface area is 183 Å². The van der Waals surface area contributed by atoms with Gasteiger partial charge in [0.1, 0.15) is 5.82 Å². The lowest BCUT2D eigenvalue weighted by molar-refractivity contribution is -0.135. The van der Waals surface area contributed by atoms with Gasteiger partial charge in [-0.1, -0.05) is 48.3 Å². The molecule has 0 saturated carbocycles. The number of piperidine rings is 1. The predicted molar refractivity (Wildman–Crippen MR) is 115 cm³/mol. The lowest BCUT2D eigenvalue weighted by Crippen LogP contribution is -2.40. The van der Waals surface area contributed by atoms with E-state index in [0.717, 1.165) is 18.4 Å². The second kappa shape index (κ2) is 8.35. The van der Waals surface area contributed by atoms with Gasteiger partial charge in [0.2, 0.25) is 5.91 Å². The maximum atomic E-state index is 12.6. The van der Waals surface area contributed by atoms with Crippen molar-refractivity contribution in [2.75, 3.05) is 13.1 Å². The van der Waals surface area contributed by atoms with Gasteiger partial charge in [0.05, 0.1) is 6.54 Å². The molecule has 4 rings (SSSR count). The molecule has 3 aromatic rings. The van der Waals surface area contributed by atoms with E-state index < -0.39 is 0 Å². The van der Waals surface area contributed by atoms with Crippen molar-refractivity contribution in [1.29, 1.82) is 0 Å². The highest BCUT2D eigenvalue weighted by Crippen LogP contribution is 2.27. The standard InChI is InChI=1S/C20H22Cl2N6O2/c1-11(2)20(30)27-7-5-12(6-8-27)17-23-18-16(19(29)24-17)25-26-28(18)10-13-3-4-14(21)9-15(13)22/h3-4,9,11-12H,5-8,10H2,1-2H3,(H,23,24,29). The fraction of sp³-hybridized carbons (Fsp3) is 0.450. The van der Waals surface area contributed by atoms with Crippen molar-refractivity contribution in [2.45, 2.75) is 39.2 Å². The number of hydrogen-bond acceptors (Lipinski definition) is 5. The predicted octanol–water partition coefficient (Wildman–Crippen LogP) is 3.23. The van der Waals surface area contributed by atoms with Crippen molar-refractivity contribution in [3.05, 3.63) is 50.0 Å². The SMILES string of the molecule is CC(C)C(=O)N1CCC(c2nc3c(nnn3Cc3ccc(Cl)cc3Cl)c(=O)[nH]2)CC1. The smallest absolute Gasteiger partial charge is 0.281 e. The van der Waals surface area contributed by atoms with E-state index in [1.165, 1.54) is 0 Å². The molecule has 1 aliphatic rings. The zero-order chi connectivity index (χ0) is 21.4. The average molecular weight is 449 g/mol. The van der Waals surface area contributed by atoms with Crippen molar-refractivity contribution in [3.63, 3.8) is 0 Å². The molecule has 1 aliphatic heterocycles. The Hall–Kier alpha value is -2.45. The number of benzene rings is 1. The lowest BCUT2D eigenvalue weighted by Gasteiger charge is -2.32. The van der Waals surface area contributed by atoms with Crippen LogP contribution in [-0.4, -0.2) is 48.9 Å². The van der Waals surface area contributed by atoms with Crippen molar-refractivity contribution < 1.29 is 4.79 Å². The minimum Gasteiger partial charge on any atom is -0.342 e. The number of H-pyrrole nitrogens is 1. The number of aromatic nitrogens is 5. The van der Waals surface area contributed by atoms with Gasteiger partial charge in [-0.05, 0) is 30.5 Å². The Morgan fingerprint density at radius 3 is 2.67 bits per heavy atom. The van der Waals surface area contributed by atoms with Gasteiger partial charge in [-0.25, -0.2) is 9.67 Å². The summed E-state index contributed by atoms with van der Waals surface area (Å²) in [5, 5.41) is 9.14. The van der Waals surface area contributed by atoms with E-state index in [4.69, 9.17) is 23.2 Å². The third kappa shape index (κ3) is 4.06. The molecule has 1 N–H and O–H groups in total. The molecule has 1 saturated heterocycles. The van der Waals surface area contributed by atoms with Crippen LogP contribution in [0, 0.1) is 5.92 Å². The van der Waals surface area contributed by atoms with Crippen LogP contribution in [-0.2, 0) is 11.3 Å². The third-order valence-electron chi connectivity index (χ3n) is 5.41. The minimum atomic E-state index is -0.316. The molecular formula is C20H22Cl2N6O2. The maximum Gasteiger partial charge on any atom is 0.281 e. The molecule has 2 aromatic heterocycles. The largest absolute Gasteiger partial charge is 0.342 e. The Balaban J connectivity index is 1.60. The Bertz CT molecular complexity index is 1150.